The minimum absolute atomic E-state index is 0.725. The number of rotatable bonds is 5. The molecule has 1 aromatic carbocycles. The second-order valence-electron chi connectivity index (χ2n) is 6.14. The van der Waals surface area contributed by atoms with Gasteiger partial charge in [-0.05, 0) is 43.2 Å². The van der Waals surface area contributed by atoms with Gasteiger partial charge < -0.3 is 15.4 Å². The van der Waals surface area contributed by atoms with Crippen molar-refractivity contribution in [2.75, 3.05) is 30.3 Å². The fourth-order valence-electron chi connectivity index (χ4n) is 2.88. The fourth-order valence-corrected chi connectivity index (χ4v) is 2.88. The van der Waals surface area contributed by atoms with Gasteiger partial charge in [-0.2, -0.15) is 0 Å². The number of benzene rings is 1. The first kappa shape index (κ1) is 15.0. The van der Waals surface area contributed by atoms with Gasteiger partial charge in [0.15, 0.2) is 0 Å². The van der Waals surface area contributed by atoms with E-state index in [2.05, 4.69) is 37.8 Å². The monoisotopic (exact) mass is 276 g/mol. The highest BCUT2D eigenvalue weighted by Crippen LogP contribution is 2.32. The predicted molar refractivity (Wildman–Crippen MR) is 86.4 cm³/mol. The number of piperidine rings is 1. The van der Waals surface area contributed by atoms with Gasteiger partial charge >= 0.3 is 0 Å². The van der Waals surface area contributed by atoms with Gasteiger partial charge in [0.25, 0.3) is 0 Å². The number of nitrogen functional groups attached to an aromatic ring is 1. The lowest BCUT2D eigenvalue weighted by atomic mass is 9.86. The molecule has 2 N–H and O–H groups in total. The van der Waals surface area contributed by atoms with Crippen LogP contribution < -0.4 is 15.4 Å². The van der Waals surface area contributed by atoms with Crippen LogP contribution in [0.4, 0.5) is 11.4 Å². The molecule has 3 nitrogen and oxygen atoms in total. The van der Waals surface area contributed by atoms with Crippen LogP contribution in [0.1, 0.15) is 40.0 Å². The molecule has 1 fully saturated rings. The maximum absolute atomic E-state index is 5.98. The molecule has 0 atom stereocenters. The Morgan fingerprint density at radius 3 is 2.60 bits per heavy atom. The Kier molecular flexibility index (Phi) is 5.16. The average Bonchev–Trinajstić information content (AvgIpc) is 2.46. The summed E-state index contributed by atoms with van der Waals surface area (Å²) < 4.78 is 5.73. The molecule has 0 unspecified atom stereocenters. The van der Waals surface area contributed by atoms with Crippen molar-refractivity contribution in [1.29, 1.82) is 0 Å². The first-order chi connectivity index (χ1) is 9.61. The van der Waals surface area contributed by atoms with Crippen LogP contribution in [0.25, 0.3) is 0 Å². The molecule has 1 heterocycles. The Labute approximate surface area is 123 Å². The summed E-state index contributed by atoms with van der Waals surface area (Å²) in [5.74, 6) is 2.50. The molecule has 2 rings (SSSR count). The molecule has 0 saturated carbocycles. The van der Waals surface area contributed by atoms with E-state index in [1.54, 1.807) is 0 Å². The maximum Gasteiger partial charge on any atom is 0.144 e. The first-order valence-electron chi connectivity index (χ1n) is 7.89. The van der Waals surface area contributed by atoms with Gasteiger partial charge in [-0.15, -0.1) is 0 Å². The third-order valence-corrected chi connectivity index (χ3v) is 4.31. The minimum atomic E-state index is 0.725. The second kappa shape index (κ2) is 6.87. The lowest BCUT2D eigenvalue weighted by Crippen LogP contribution is -2.35. The van der Waals surface area contributed by atoms with Crippen molar-refractivity contribution in [1.82, 2.24) is 0 Å². The topological polar surface area (TPSA) is 38.5 Å². The molecule has 1 aliphatic rings. The number of anilines is 2. The van der Waals surface area contributed by atoms with E-state index in [4.69, 9.17) is 10.5 Å². The molecule has 1 aliphatic heterocycles. The molecule has 3 heteroatoms. The van der Waals surface area contributed by atoms with Gasteiger partial charge in [-0.3, -0.25) is 0 Å². The molecule has 0 aromatic heterocycles. The smallest absolute Gasteiger partial charge is 0.144 e. The van der Waals surface area contributed by atoms with Gasteiger partial charge in [-0.1, -0.05) is 20.8 Å². The lowest BCUT2D eigenvalue weighted by molar-refractivity contribution is 0.310. The average molecular weight is 276 g/mol. The van der Waals surface area contributed by atoms with E-state index in [1.807, 2.05) is 6.07 Å². The predicted octanol–water partition coefficient (Wildman–Crippen LogP) is 3.93. The van der Waals surface area contributed by atoms with E-state index in [0.717, 1.165) is 49.4 Å². The summed E-state index contributed by atoms with van der Waals surface area (Å²) >= 11 is 0. The van der Waals surface area contributed by atoms with Crippen LogP contribution in [0, 0.1) is 11.8 Å². The highest BCUT2D eigenvalue weighted by Gasteiger charge is 2.22. The van der Waals surface area contributed by atoms with Gasteiger partial charge in [0.2, 0.25) is 0 Å². The van der Waals surface area contributed by atoms with E-state index in [-0.39, 0.29) is 0 Å². The number of hydrogen-bond acceptors (Lipinski definition) is 3. The lowest BCUT2D eigenvalue weighted by Gasteiger charge is -2.35. The van der Waals surface area contributed by atoms with Crippen molar-refractivity contribution >= 4 is 11.4 Å². The van der Waals surface area contributed by atoms with Crippen molar-refractivity contribution in [3.8, 4) is 5.75 Å². The molecular weight excluding hydrogens is 248 g/mol. The van der Waals surface area contributed by atoms with Crippen molar-refractivity contribution in [3.05, 3.63) is 18.2 Å². The van der Waals surface area contributed by atoms with Crippen molar-refractivity contribution in [3.63, 3.8) is 0 Å². The fraction of sp³-hybridized carbons (Fsp3) is 0.647. The van der Waals surface area contributed by atoms with Gasteiger partial charge in [0.1, 0.15) is 5.75 Å². The van der Waals surface area contributed by atoms with Crippen LogP contribution in [-0.2, 0) is 0 Å². The van der Waals surface area contributed by atoms with E-state index in [9.17, 15) is 0 Å². The van der Waals surface area contributed by atoms with Crippen LogP contribution in [0.5, 0.6) is 5.75 Å². The summed E-state index contributed by atoms with van der Waals surface area (Å²) in [6, 6.07) is 6.18. The molecule has 0 radical (unpaired) electrons. The van der Waals surface area contributed by atoms with E-state index in [1.165, 1.54) is 18.5 Å². The molecule has 1 aromatic rings. The quantitative estimate of drug-likeness (QED) is 0.828. The zero-order valence-electron chi connectivity index (χ0n) is 13.1. The van der Waals surface area contributed by atoms with Gasteiger partial charge in [-0.25, -0.2) is 0 Å². The Hall–Kier alpha value is -1.38. The molecule has 0 aliphatic carbocycles. The number of nitrogens with two attached hydrogens (primary N) is 1. The maximum atomic E-state index is 5.98. The number of nitrogens with zero attached hydrogens (tertiary/aromatic N) is 1. The molecule has 0 amide bonds. The number of ether oxygens (including phenoxy) is 1. The van der Waals surface area contributed by atoms with E-state index in [0.29, 0.717) is 0 Å². The van der Waals surface area contributed by atoms with Crippen molar-refractivity contribution in [2.24, 2.45) is 11.8 Å². The van der Waals surface area contributed by atoms with Crippen molar-refractivity contribution < 1.29 is 4.74 Å². The summed E-state index contributed by atoms with van der Waals surface area (Å²) in [5.41, 5.74) is 7.96. The highest BCUT2D eigenvalue weighted by atomic mass is 16.5. The molecular formula is C17H28N2O. The molecule has 112 valence electrons. The van der Waals surface area contributed by atoms with Crippen LogP contribution >= 0.6 is 0 Å². The molecule has 0 spiro atoms. The summed E-state index contributed by atoms with van der Waals surface area (Å²) in [4.78, 5) is 2.46. The van der Waals surface area contributed by atoms with Crippen LogP contribution in [0.2, 0.25) is 0 Å². The van der Waals surface area contributed by atoms with Crippen molar-refractivity contribution in [2.45, 2.75) is 40.0 Å². The van der Waals surface area contributed by atoms with E-state index < -0.39 is 0 Å². The highest BCUT2D eigenvalue weighted by molar-refractivity contribution is 5.62. The largest absolute Gasteiger partial charge is 0.491 e. The Balaban J connectivity index is 2.02. The minimum Gasteiger partial charge on any atom is -0.491 e. The normalized spacial score (nSPS) is 16.7. The van der Waals surface area contributed by atoms with Crippen LogP contribution in [0.3, 0.4) is 0 Å². The third kappa shape index (κ3) is 3.59. The van der Waals surface area contributed by atoms with Crippen LogP contribution in [-0.4, -0.2) is 19.7 Å². The summed E-state index contributed by atoms with van der Waals surface area (Å²) in [7, 11) is 0. The first-order valence-corrected chi connectivity index (χ1v) is 7.89. The van der Waals surface area contributed by atoms with Gasteiger partial charge in [0, 0.05) is 24.8 Å². The van der Waals surface area contributed by atoms with Gasteiger partial charge in [0.05, 0.1) is 12.3 Å². The van der Waals surface area contributed by atoms with E-state index >= 15 is 0 Å². The zero-order chi connectivity index (χ0) is 14.5. The third-order valence-electron chi connectivity index (χ3n) is 4.31. The van der Waals surface area contributed by atoms with Crippen LogP contribution in [0.15, 0.2) is 18.2 Å². The Morgan fingerprint density at radius 2 is 2.00 bits per heavy atom. The second-order valence-corrected chi connectivity index (χ2v) is 6.14. The SMILES string of the molecule is CCCOc1cc(N2CCC(C(C)C)CC2)ccc1N. The molecule has 20 heavy (non-hydrogen) atoms. The summed E-state index contributed by atoms with van der Waals surface area (Å²) in [5, 5.41) is 0. The molecule has 1 saturated heterocycles. The summed E-state index contributed by atoms with van der Waals surface area (Å²) in [6.45, 7) is 9.78. The standard InChI is InChI=1S/C17H28N2O/c1-4-11-20-17-12-15(5-6-16(17)18)19-9-7-14(8-10-19)13(2)3/h5-6,12-14H,4,7-11,18H2,1-3H3. The Bertz CT molecular complexity index is 423. The summed E-state index contributed by atoms with van der Waals surface area (Å²) in [6.07, 6.45) is 3.57. The molecule has 0 bridgehead atoms. The number of hydrogen-bond donors (Lipinski definition) is 1. The Morgan fingerprint density at radius 1 is 1.30 bits per heavy atom. The zero-order valence-corrected chi connectivity index (χ0v) is 13.1.